The number of carbonyl (C=O) groups is 1. The van der Waals surface area contributed by atoms with Gasteiger partial charge >= 0.3 is 5.97 Å². The van der Waals surface area contributed by atoms with Gasteiger partial charge in [0.05, 0.1) is 18.8 Å². The number of esters is 1. The van der Waals surface area contributed by atoms with Crippen molar-refractivity contribution in [3.8, 4) is 39.5 Å². The zero-order valence-corrected chi connectivity index (χ0v) is 22.5. The van der Waals surface area contributed by atoms with Gasteiger partial charge in [0.15, 0.2) is 23.2 Å². The highest BCUT2D eigenvalue weighted by Gasteiger charge is 2.21. The Bertz CT molecular complexity index is 1430. The predicted octanol–water partition coefficient (Wildman–Crippen LogP) is 9.01. The van der Waals surface area contributed by atoms with Gasteiger partial charge in [0.2, 0.25) is 0 Å². The Morgan fingerprint density at radius 2 is 1.25 bits per heavy atom. The minimum atomic E-state index is -1.29. The van der Waals surface area contributed by atoms with Crippen LogP contribution in [0, 0.1) is 17.5 Å². The summed E-state index contributed by atoms with van der Waals surface area (Å²) in [5, 5.41) is 0. The van der Waals surface area contributed by atoms with Crippen LogP contribution in [-0.4, -0.2) is 19.2 Å². The third-order valence-corrected chi connectivity index (χ3v) is 6.32. The fraction of sp³-hybridized carbons (Fsp3) is 0.242. The zero-order valence-electron chi connectivity index (χ0n) is 22.5. The summed E-state index contributed by atoms with van der Waals surface area (Å²) >= 11 is 0. The van der Waals surface area contributed by atoms with E-state index in [9.17, 15) is 18.0 Å². The number of hydrogen-bond acceptors (Lipinski definition) is 4. The molecule has 0 aromatic heterocycles. The molecule has 0 amide bonds. The molecular formula is C33H31F3O4. The van der Waals surface area contributed by atoms with Crippen LogP contribution in [0.15, 0.2) is 78.9 Å². The van der Waals surface area contributed by atoms with Crippen molar-refractivity contribution >= 4 is 5.97 Å². The lowest BCUT2D eigenvalue weighted by Gasteiger charge is -2.11. The van der Waals surface area contributed by atoms with E-state index in [1.54, 1.807) is 48.5 Å². The molecule has 0 fully saturated rings. The van der Waals surface area contributed by atoms with E-state index in [0.717, 1.165) is 25.7 Å². The fourth-order valence-corrected chi connectivity index (χ4v) is 4.00. The van der Waals surface area contributed by atoms with Gasteiger partial charge in [-0.25, -0.2) is 18.0 Å². The summed E-state index contributed by atoms with van der Waals surface area (Å²) in [4.78, 5) is 12.6. The molecule has 0 saturated heterocycles. The topological polar surface area (TPSA) is 44.8 Å². The smallest absolute Gasteiger partial charge is 0.346 e. The molecule has 4 aromatic carbocycles. The molecule has 7 heteroatoms. The largest absolute Gasteiger partial charge is 0.494 e. The maximum absolute atomic E-state index is 14.9. The van der Waals surface area contributed by atoms with Crippen molar-refractivity contribution in [2.45, 2.75) is 39.5 Å². The molecule has 0 aliphatic rings. The van der Waals surface area contributed by atoms with E-state index in [1.165, 1.54) is 30.3 Å². The quantitative estimate of drug-likeness (QED) is 0.101. The summed E-state index contributed by atoms with van der Waals surface area (Å²) in [6.45, 7) is 5.12. The van der Waals surface area contributed by atoms with E-state index >= 15 is 0 Å². The van der Waals surface area contributed by atoms with Crippen molar-refractivity contribution in [1.29, 1.82) is 0 Å². The molecular weight excluding hydrogens is 517 g/mol. The number of rotatable bonds is 12. The van der Waals surface area contributed by atoms with Gasteiger partial charge in [-0.15, -0.1) is 0 Å². The third kappa shape index (κ3) is 7.03. The monoisotopic (exact) mass is 548 g/mol. The average molecular weight is 549 g/mol. The van der Waals surface area contributed by atoms with Crippen LogP contribution in [-0.2, 0) is 0 Å². The molecule has 0 saturated carbocycles. The number of hydrogen-bond donors (Lipinski definition) is 0. The first-order valence-electron chi connectivity index (χ1n) is 13.4. The maximum atomic E-state index is 14.9. The Morgan fingerprint density at radius 1 is 0.650 bits per heavy atom. The minimum Gasteiger partial charge on any atom is -0.494 e. The number of unbranched alkanes of at least 4 members (excludes halogenated alkanes) is 2. The van der Waals surface area contributed by atoms with Crippen molar-refractivity contribution < 1.29 is 32.2 Å². The number of halogens is 3. The van der Waals surface area contributed by atoms with Crippen LogP contribution < -0.4 is 14.2 Å². The molecule has 0 heterocycles. The van der Waals surface area contributed by atoms with Gasteiger partial charge in [-0.1, -0.05) is 63.1 Å². The highest BCUT2D eigenvalue weighted by Crippen LogP contribution is 2.30. The van der Waals surface area contributed by atoms with Gasteiger partial charge in [-0.05, 0) is 72.0 Å². The molecule has 0 unspecified atom stereocenters. The SMILES string of the molecule is CCCCOc1ccc(-c2ccc(C(=O)Oc3ccc(-c4ccc(OCCCC)c(F)c4)cc3)c(F)c2F)cc1. The minimum absolute atomic E-state index is 0.0209. The summed E-state index contributed by atoms with van der Waals surface area (Å²) in [6.07, 6.45) is 3.72. The summed E-state index contributed by atoms with van der Waals surface area (Å²) in [5.41, 5.74) is 1.24. The maximum Gasteiger partial charge on any atom is 0.346 e. The van der Waals surface area contributed by atoms with Crippen molar-refractivity contribution in [2.24, 2.45) is 0 Å². The van der Waals surface area contributed by atoms with Crippen molar-refractivity contribution in [3.63, 3.8) is 0 Å². The first-order valence-corrected chi connectivity index (χ1v) is 13.4. The number of benzene rings is 4. The molecule has 208 valence electrons. The number of carbonyl (C=O) groups excluding carboxylic acids is 1. The first kappa shape index (κ1) is 28.7. The molecule has 40 heavy (non-hydrogen) atoms. The van der Waals surface area contributed by atoms with Gasteiger partial charge in [-0.2, -0.15) is 0 Å². The lowest BCUT2D eigenvalue weighted by molar-refractivity contribution is 0.0728. The molecule has 4 rings (SSSR count). The highest BCUT2D eigenvalue weighted by molar-refractivity contribution is 5.92. The second-order valence-corrected chi connectivity index (χ2v) is 9.28. The summed E-state index contributed by atoms with van der Waals surface area (Å²) in [5.74, 6) is -2.97. The standard InChI is InChI=1S/C33H31F3O4/c1-3-5-19-38-25-12-9-23(10-13-25)27-16-17-28(32(36)31(27)35)33(37)40-26-14-7-22(8-15-26)24-11-18-30(29(34)21-24)39-20-6-4-2/h7-18,21H,3-6,19-20H2,1-2H3. The molecule has 0 spiro atoms. The molecule has 4 aromatic rings. The zero-order chi connectivity index (χ0) is 28.5. The number of ether oxygens (including phenoxy) is 3. The van der Waals surface area contributed by atoms with E-state index in [1.807, 2.05) is 6.92 Å². The van der Waals surface area contributed by atoms with Gasteiger partial charge in [0.25, 0.3) is 0 Å². The van der Waals surface area contributed by atoms with Crippen LogP contribution in [0.25, 0.3) is 22.3 Å². The van der Waals surface area contributed by atoms with Crippen LogP contribution in [0.5, 0.6) is 17.2 Å². The molecule has 0 atom stereocenters. The van der Waals surface area contributed by atoms with Crippen molar-refractivity contribution in [1.82, 2.24) is 0 Å². The Morgan fingerprint density at radius 3 is 1.90 bits per heavy atom. The van der Waals surface area contributed by atoms with Gasteiger partial charge < -0.3 is 14.2 Å². The third-order valence-electron chi connectivity index (χ3n) is 6.32. The molecule has 4 nitrogen and oxygen atoms in total. The Balaban J connectivity index is 1.43. The molecule has 0 radical (unpaired) electrons. The Hall–Kier alpha value is -4.26. The van der Waals surface area contributed by atoms with Crippen LogP contribution in [0.3, 0.4) is 0 Å². The summed E-state index contributed by atoms with van der Waals surface area (Å²) in [7, 11) is 0. The summed E-state index contributed by atoms with van der Waals surface area (Å²) in [6, 6.07) is 20.2. The fourth-order valence-electron chi connectivity index (χ4n) is 4.00. The van der Waals surface area contributed by atoms with E-state index in [-0.39, 0.29) is 17.1 Å². The van der Waals surface area contributed by atoms with Gasteiger partial charge in [0.1, 0.15) is 11.5 Å². The Labute approximate surface area is 232 Å². The van der Waals surface area contributed by atoms with Crippen LogP contribution >= 0.6 is 0 Å². The molecule has 0 aliphatic carbocycles. The molecule has 0 aliphatic heterocycles. The second kappa shape index (κ2) is 13.7. The van der Waals surface area contributed by atoms with E-state index < -0.39 is 29.0 Å². The van der Waals surface area contributed by atoms with Crippen LogP contribution in [0.1, 0.15) is 49.9 Å². The lowest BCUT2D eigenvalue weighted by Crippen LogP contribution is -2.12. The normalized spacial score (nSPS) is 10.8. The van der Waals surface area contributed by atoms with Crippen molar-refractivity contribution in [2.75, 3.05) is 13.2 Å². The molecule has 0 N–H and O–H groups in total. The highest BCUT2D eigenvalue weighted by atomic mass is 19.2. The molecule has 0 bridgehead atoms. The average Bonchev–Trinajstić information content (AvgIpc) is 2.96. The Kier molecular flexibility index (Phi) is 9.84. The van der Waals surface area contributed by atoms with Gasteiger partial charge in [0, 0.05) is 5.56 Å². The lowest BCUT2D eigenvalue weighted by atomic mass is 10.0. The van der Waals surface area contributed by atoms with E-state index in [4.69, 9.17) is 14.2 Å². The summed E-state index contributed by atoms with van der Waals surface area (Å²) < 4.78 is 60.6. The van der Waals surface area contributed by atoms with E-state index in [0.29, 0.717) is 35.7 Å². The van der Waals surface area contributed by atoms with Crippen LogP contribution in [0.2, 0.25) is 0 Å². The first-order chi connectivity index (χ1) is 19.4. The van der Waals surface area contributed by atoms with Crippen LogP contribution in [0.4, 0.5) is 13.2 Å². The second-order valence-electron chi connectivity index (χ2n) is 9.28. The predicted molar refractivity (Wildman–Crippen MR) is 149 cm³/mol. The van der Waals surface area contributed by atoms with E-state index in [2.05, 4.69) is 6.92 Å². The van der Waals surface area contributed by atoms with Gasteiger partial charge in [-0.3, -0.25) is 0 Å². The van der Waals surface area contributed by atoms with Crippen molar-refractivity contribution in [3.05, 3.63) is 102 Å².